The first kappa shape index (κ1) is 19.0. The predicted molar refractivity (Wildman–Crippen MR) is 98.9 cm³/mol. The van der Waals surface area contributed by atoms with Gasteiger partial charge in [-0.05, 0) is 24.3 Å². The molecular weight excluding hydrogens is 391 g/mol. The van der Waals surface area contributed by atoms with E-state index in [1.54, 1.807) is 24.3 Å². The average Bonchev–Trinajstić information content (AvgIpc) is 3.07. The van der Waals surface area contributed by atoms with Crippen molar-refractivity contribution in [3.8, 4) is 11.3 Å². The van der Waals surface area contributed by atoms with Crippen molar-refractivity contribution in [2.45, 2.75) is 15.6 Å². The van der Waals surface area contributed by atoms with E-state index in [0.29, 0.717) is 0 Å². The molecule has 0 saturated heterocycles. The Morgan fingerprint density at radius 3 is 2.41 bits per heavy atom. The van der Waals surface area contributed by atoms with E-state index < -0.39 is 21.7 Å². The molecule has 1 heterocycles. The number of carboxylic acid groups (broad SMARTS) is 1. The molecule has 0 bridgehead atoms. The molecule has 0 fully saturated rings. The summed E-state index contributed by atoms with van der Waals surface area (Å²) in [4.78, 5) is 16.3. The zero-order valence-corrected chi connectivity index (χ0v) is 15.8. The first-order valence-electron chi connectivity index (χ1n) is 7.79. The lowest BCUT2D eigenvalue weighted by molar-refractivity contribution is 0.153. The highest BCUT2D eigenvalue weighted by Gasteiger charge is 2.28. The molecule has 27 heavy (non-hydrogen) atoms. The minimum Gasteiger partial charge on any atom is -0.465 e. The molecule has 0 aliphatic rings. The first-order valence-corrected chi connectivity index (χ1v) is 10.1. The standard InChI is InChI=1S/C18H15FN2O4S2/c1-21(18(22)23)11-15-20-16(13-9-5-6-10-14(13)19)17(26-15)27(24,25)12-7-3-2-4-8-12/h2-10H,11H2,1H3,(H,22,23). The average molecular weight is 406 g/mol. The molecule has 1 aromatic heterocycles. The number of sulfone groups is 1. The van der Waals surface area contributed by atoms with Crippen molar-refractivity contribution in [2.24, 2.45) is 0 Å². The largest absolute Gasteiger partial charge is 0.465 e. The van der Waals surface area contributed by atoms with Gasteiger partial charge in [0.1, 0.15) is 16.5 Å². The van der Waals surface area contributed by atoms with Crippen molar-refractivity contribution in [1.82, 2.24) is 9.88 Å². The fraction of sp³-hybridized carbons (Fsp3) is 0.111. The van der Waals surface area contributed by atoms with Crippen LogP contribution in [-0.4, -0.2) is 36.5 Å². The molecule has 0 aliphatic carbocycles. The van der Waals surface area contributed by atoms with Crippen LogP contribution in [-0.2, 0) is 16.4 Å². The number of thiazole rings is 1. The highest BCUT2D eigenvalue weighted by molar-refractivity contribution is 7.93. The van der Waals surface area contributed by atoms with Gasteiger partial charge in [-0.3, -0.25) is 0 Å². The summed E-state index contributed by atoms with van der Waals surface area (Å²) in [6.45, 7) is -0.105. The Kier molecular flexibility index (Phi) is 5.24. The topological polar surface area (TPSA) is 87.6 Å². The van der Waals surface area contributed by atoms with E-state index in [2.05, 4.69) is 4.98 Å². The van der Waals surface area contributed by atoms with Crippen LogP contribution in [0, 0.1) is 5.82 Å². The Morgan fingerprint density at radius 2 is 1.78 bits per heavy atom. The van der Waals surface area contributed by atoms with E-state index in [0.717, 1.165) is 16.2 Å². The fourth-order valence-electron chi connectivity index (χ4n) is 2.40. The molecule has 6 nitrogen and oxygen atoms in total. The second kappa shape index (κ2) is 7.45. The van der Waals surface area contributed by atoms with E-state index >= 15 is 0 Å². The summed E-state index contributed by atoms with van der Waals surface area (Å²) in [7, 11) is -2.60. The lowest BCUT2D eigenvalue weighted by atomic mass is 10.1. The van der Waals surface area contributed by atoms with Crippen LogP contribution in [0.3, 0.4) is 0 Å². The van der Waals surface area contributed by atoms with Crippen LogP contribution in [0.1, 0.15) is 5.01 Å². The second-order valence-electron chi connectivity index (χ2n) is 5.68. The summed E-state index contributed by atoms with van der Waals surface area (Å²) in [5, 5.41) is 9.30. The highest BCUT2D eigenvalue weighted by Crippen LogP contribution is 2.37. The number of hydrogen-bond acceptors (Lipinski definition) is 5. The van der Waals surface area contributed by atoms with Crippen LogP contribution < -0.4 is 0 Å². The van der Waals surface area contributed by atoms with Crippen molar-refractivity contribution in [3.05, 3.63) is 65.4 Å². The Bertz CT molecular complexity index is 1080. The molecule has 140 valence electrons. The van der Waals surface area contributed by atoms with Gasteiger partial charge in [0.05, 0.1) is 11.4 Å². The van der Waals surface area contributed by atoms with Gasteiger partial charge in [-0.1, -0.05) is 30.3 Å². The number of benzene rings is 2. The predicted octanol–water partition coefficient (Wildman–Crippen LogP) is 3.89. The minimum absolute atomic E-state index is 0.0178. The lowest BCUT2D eigenvalue weighted by Crippen LogP contribution is -2.23. The molecule has 3 aromatic rings. The van der Waals surface area contributed by atoms with Gasteiger partial charge in [-0.15, -0.1) is 11.3 Å². The van der Waals surface area contributed by atoms with Gasteiger partial charge < -0.3 is 10.0 Å². The van der Waals surface area contributed by atoms with E-state index in [4.69, 9.17) is 5.11 Å². The summed E-state index contributed by atoms with van der Waals surface area (Å²) in [6, 6.07) is 13.5. The number of amides is 1. The molecule has 0 spiro atoms. The van der Waals surface area contributed by atoms with Crippen LogP contribution in [0.5, 0.6) is 0 Å². The van der Waals surface area contributed by atoms with Gasteiger partial charge in [0.2, 0.25) is 9.84 Å². The van der Waals surface area contributed by atoms with Crippen molar-refractivity contribution >= 4 is 27.3 Å². The maximum atomic E-state index is 14.3. The number of nitrogens with zero attached hydrogens (tertiary/aromatic N) is 2. The van der Waals surface area contributed by atoms with Crippen LogP contribution in [0.15, 0.2) is 63.7 Å². The molecule has 3 rings (SSSR count). The fourth-order valence-corrected chi connectivity index (χ4v) is 5.42. The number of rotatable bonds is 5. The maximum absolute atomic E-state index is 14.3. The molecule has 9 heteroatoms. The normalized spacial score (nSPS) is 11.3. The molecule has 0 atom stereocenters. The SMILES string of the molecule is CN(Cc1nc(-c2ccccc2F)c(S(=O)(=O)c2ccccc2)s1)C(=O)O. The van der Waals surface area contributed by atoms with Crippen LogP contribution >= 0.6 is 11.3 Å². The van der Waals surface area contributed by atoms with Gasteiger partial charge in [0.25, 0.3) is 0 Å². The quantitative estimate of drug-likeness (QED) is 0.694. The zero-order chi connectivity index (χ0) is 19.6. The summed E-state index contributed by atoms with van der Waals surface area (Å²) in [5.41, 5.74) is 0.0308. The van der Waals surface area contributed by atoms with Crippen molar-refractivity contribution in [3.63, 3.8) is 0 Å². The minimum atomic E-state index is -3.95. The van der Waals surface area contributed by atoms with Gasteiger partial charge in [0, 0.05) is 12.6 Å². The number of aromatic nitrogens is 1. The molecule has 0 radical (unpaired) electrons. The van der Waals surface area contributed by atoms with Crippen molar-refractivity contribution < 1.29 is 22.7 Å². The summed E-state index contributed by atoms with van der Waals surface area (Å²) < 4.78 is 40.4. The van der Waals surface area contributed by atoms with Crippen molar-refractivity contribution in [2.75, 3.05) is 7.05 Å². The Labute approximate surface area is 159 Å². The van der Waals surface area contributed by atoms with Crippen molar-refractivity contribution in [1.29, 1.82) is 0 Å². The van der Waals surface area contributed by atoms with E-state index in [1.807, 2.05) is 0 Å². The number of carbonyl (C=O) groups is 1. The molecule has 0 unspecified atom stereocenters. The van der Waals surface area contributed by atoms with Crippen LogP contribution in [0.25, 0.3) is 11.3 Å². The van der Waals surface area contributed by atoms with Gasteiger partial charge in [-0.25, -0.2) is 22.6 Å². The van der Waals surface area contributed by atoms with Gasteiger partial charge in [0.15, 0.2) is 4.21 Å². The molecule has 0 saturated carbocycles. The summed E-state index contributed by atoms with van der Waals surface area (Å²) in [5.74, 6) is -0.606. The second-order valence-corrected chi connectivity index (χ2v) is 8.91. The van der Waals surface area contributed by atoms with E-state index in [9.17, 15) is 17.6 Å². The third-order valence-electron chi connectivity index (χ3n) is 3.77. The molecule has 0 aliphatic heterocycles. The summed E-state index contributed by atoms with van der Waals surface area (Å²) in [6.07, 6.45) is -1.18. The van der Waals surface area contributed by atoms with Gasteiger partial charge >= 0.3 is 6.09 Å². The molecular formula is C18H15FN2O4S2. The Hall–Kier alpha value is -2.78. The van der Waals surface area contributed by atoms with Crippen LogP contribution in [0.2, 0.25) is 0 Å². The highest BCUT2D eigenvalue weighted by atomic mass is 32.2. The lowest BCUT2D eigenvalue weighted by Gasteiger charge is -2.09. The monoisotopic (exact) mass is 406 g/mol. The van der Waals surface area contributed by atoms with Crippen LogP contribution in [0.4, 0.5) is 9.18 Å². The van der Waals surface area contributed by atoms with E-state index in [-0.39, 0.29) is 31.9 Å². The molecule has 2 aromatic carbocycles. The molecule has 1 amide bonds. The maximum Gasteiger partial charge on any atom is 0.407 e. The molecule has 1 N–H and O–H groups in total. The first-order chi connectivity index (χ1) is 12.8. The smallest absolute Gasteiger partial charge is 0.407 e. The summed E-state index contributed by atoms with van der Waals surface area (Å²) >= 11 is 0.840. The number of hydrogen-bond donors (Lipinski definition) is 1. The third-order valence-corrected chi connectivity index (χ3v) is 7.08. The third kappa shape index (κ3) is 3.83. The Morgan fingerprint density at radius 1 is 1.15 bits per heavy atom. The number of halogens is 1. The Balaban J connectivity index is 2.18. The zero-order valence-electron chi connectivity index (χ0n) is 14.2. The van der Waals surface area contributed by atoms with E-state index in [1.165, 1.54) is 37.4 Å². The van der Waals surface area contributed by atoms with Gasteiger partial charge in [-0.2, -0.15) is 0 Å².